The van der Waals surface area contributed by atoms with Gasteiger partial charge in [-0.3, -0.25) is 9.59 Å². The smallest absolute Gasteiger partial charge is 0.326 e. The van der Waals surface area contributed by atoms with Crippen LogP contribution in [0.25, 0.3) is 0 Å². The molecule has 1 N–H and O–H groups in total. The summed E-state index contributed by atoms with van der Waals surface area (Å²) in [6.45, 7) is 7.13. The maximum atomic E-state index is 12.5. The van der Waals surface area contributed by atoms with Gasteiger partial charge in [-0.1, -0.05) is 25.5 Å². The van der Waals surface area contributed by atoms with E-state index in [-0.39, 0.29) is 25.6 Å². The quantitative estimate of drug-likeness (QED) is 0.783. The molecule has 0 atom stereocenters. The monoisotopic (exact) mass is 321 g/mol. The van der Waals surface area contributed by atoms with Gasteiger partial charge in [-0.05, 0) is 44.9 Å². The molecule has 1 amide bonds. The second-order valence-corrected chi connectivity index (χ2v) is 6.48. The van der Waals surface area contributed by atoms with Crippen molar-refractivity contribution in [1.29, 1.82) is 0 Å². The van der Waals surface area contributed by atoms with Gasteiger partial charge < -0.3 is 14.7 Å². The fourth-order valence-electron chi connectivity index (χ4n) is 2.19. The van der Waals surface area contributed by atoms with Gasteiger partial charge in [-0.2, -0.15) is 0 Å². The number of aliphatic hydroxyl groups is 1. The van der Waals surface area contributed by atoms with Crippen molar-refractivity contribution in [3.63, 3.8) is 0 Å². The number of nitrogens with zero attached hydrogens (tertiary/aromatic N) is 1. The van der Waals surface area contributed by atoms with E-state index < -0.39 is 11.6 Å². The number of carbonyl (C=O) groups is 2. The molecule has 1 aromatic carbocycles. The van der Waals surface area contributed by atoms with E-state index >= 15 is 0 Å². The van der Waals surface area contributed by atoms with Gasteiger partial charge in [0.05, 0.1) is 6.61 Å². The number of amides is 1. The zero-order valence-corrected chi connectivity index (χ0v) is 14.5. The third-order valence-corrected chi connectivity index (χ3v) is 3.14. The molecule has 0 spiro atoms. The molecule has 0 aliphatic heterocycles. The fourth-order valence-corrected chi connectivity index (χ4v) is 2.19. The summed E-state index contributed by atoms with van der Waals surface area (Å²) in [4.78, 5) is 25.7. The highest BCUT2D eigenvalue weighted by Crippen LogP contribution is 2.11. The Balaban J connectivity index is 2.79. The molecule has 0 aliphatic carbocycles. The zero-order chi connectivity index (χ0) is 17.5. The molecule has 5 heteroatoms. The first kappa shape index (κ1) is 19.2. The number of hydrogen-bond acceptors (Lipinski definition) is 4. The van der Waals surface area contributed by atoms with Crippen LogP contribution in [0.5, 0.6) is 0 Å². The van der Waals surface area contributed by atoms with Crippen molar-refractivity contribution in [2.24, 2.45) is 0 Å². The van der Waals surface area contributed by atoms with Crippen molar-refractivity contribution in [1.82, 2.24) is 4.90 Å². The molecule has 0 aliphatic rings. The van der Waals surface area contributed by atoms with E-state index in [4.69, 9.17) is 9.84 Å². The van der Waals surface area contributed by atoms with E-state index in [1.807, 2.05) is 12.1 Å². The molecule has 1 rings (SSSR count). The van der Waals surface area contributed by atoms with Gasteiger partial charge in [0.15, 0.2) is 0 Å². The SMILES string of the molecule is CCCc1ccc(C(=O)N(CCO)CC(=O)OC(C)(C)C)cc1. The Morgan fingerprint density at radius 3 is 2.26 bits per heavy atom. The van der Waals surface area contributed by atoms with Crippen molar-refractivity contribution in [2.75, 3.05) is 19.7 Å². The molecule has 0 saturated heterocycles. The number of hydrogen-bond donors (Lipinski definition) is 1. The number of aliphatic hydroxyl groups excluding tert-OH is 1. The predicted octanol–water partition coefficient (Wildman–Crippen LogP) is 2.42. The molecule has 0 saturated carbocycles. The van der Waals surface area contributed by atoms with Crippen molar-refractivity contribution in [3.8, 4) is 0 Å². The molecule has 0 aromatic heterocycles. The van der Waals surface area contributed by atoms with E-state index in [1.165, 1.54) is 10.5 Å². The number of esters is 1. The molecule has 128 valence electrons. The van der Waals surface area contributed by atoms with Crippen LogP contribution in [0.3, 0.4) is 0 Å². The second-order valence-electron chi connectivity index (χ2n) is 6.48. The summed E-state index contributed by atoms with van der Waals surface area (Å²) in [6, 6.07) is 7.35. The van der Waals surface area contributed by atoms with Crippen LogP contribution in [0, 0.1) is 0 Å². The second kappa shape index (κ2) is 8.67. The molecule has 0 heterocycles. The Morgan fingerprint density at radius 1 is 1.17 bits per heavy atom. The average molecular weight is 321 g/mol. The minimum absolute atomic E-state index is 0.0921. The van der Waals surface area contributed by atoms with Crippen LogP contribution in [0.15, 0.2) is 24.3 Å². The lowest BCUT2D eigenvalue weighted by Gasteiger charge is -2.24. The van der Waals surface area contributed by atoms with Crippen LogP contribution < -0.4 is 0 Å². The van der Waals surface area contributed by atoms with Crippen LogP contribution in [-0.4, -0.2) is 47.2 Å². The van der Waals surface area contributed by atoms with Gasteiger partial charge in [0.25, 0.3) is 5.91 Å². The highest BCUT2D eigenvalue weighted by Gasteiger charge is 2.22. The van der Waals surface area contributed by atoms with Crippen molar-refractivity contribution >= 4 is 11.9 Å². The Kier molecular flexibility index (Phi) is 7.23. The average Bonchev–Trinajstić information content (AvgIpc) is 2.45. The topological polar surface area (TPSA) is 66.8 Å². The Labute approximate surface area is 138 Å². The van der Waals surface area contributed by atoms with Crippen molar-refractivity contribution in [2.45, 2.75) is 46.1 Å². The Hall–Kier alpha value is -1.88. The van der Waals surface area contributed by atoms with Gasteiger partial charge in [0, 0.05) is 12.1 Å². The molecule has 23 heavy (non-hydrogen) atoms. The summed E-state index contributed by atoms with van der Waals surface area (Å²) in [5.41, 5.74) is 1.07. The van der Waals surface area contributed by atoms with E-state index in [1.54, 1.807) is 32.9 Å². The molecule has 0 radical (unpaired) electrons. The van der Waals surface area contributed by atoms with Crippen LogP contribution in [0.1, 0.15) is 50.0 Å². The van der Waals surface area contributed by atoms with E-state index in [0.717, 1.165) is 12.8 Å². The number of aryl methyl sites for hydroxylation is 1. The van der Waals surface area contributed by atoms with Crippen LogP contribution in [-0.2, 0) is 16.0 Å². The molecule has 5 nitrogen and oxygen atoms in total. The highest BCUT2D eigenvalue weighted by atomic mass is 16.6. The Morgan fingerprint density at radius 2 is 1.78 bits per heavy atom. The van der Waals surface area contributed by atoms with Gasteiger partial charge in [-0.25, -0.2) is 0 Å². The van der Waals surface area contributed by atoms with Crippen molar-refractivity contribution < 1.29 is 19.4 Å². The third-order valence-electron chi connectivity index (χ3n) is 3.14. The van der Waals surface area contributed by atoms with Gasteiger partial charge >= 0.3 is 5.97 Å². The van der Waals surface area contributed by atoms with E-state index in [2.05, 4.69) is 6.92 Å². The number of carbonyl (C=O) groups excluding carboxylic acids is 2. The number of rotatable bonds is 7. The number of benzene rings is 1. The Bertz CT molecular complexity index is 517. The molecule has 0 fully saturated rings. The summed E-state index contributed by atoms with van der Waals surface area (Å²) in [5.74, 6) is -0.769. The summed E-state index contributed by atoms with van der Waals surface area (Å²) < 4.78 is 5.24. The fraction of sp³-hybridized carbons (Fsp3) is 0.556. The number of ether oxygens (including phenoxy) is 1. The molecular formula is C18H27NO4. The molecule has 0 unspecified atom stereocenters. The largest absolute Gasteiger partial charge is 0.459 e. The predicted molar refractivity (Wildman–Crippen MR) is 89.3 cm³/mol. The first-order valence-electron chi connectivity index (χ1n) is 7.97. The van der Waals surface area contributed by atoms with Crippen LogP contribution >= 0.6 is 0 Å². The summed E-state index contributed by atoms with van der Waals surface area (Å²) in [5, 5.41) is 9.15. The van der Waals surface area contributed by atoms with E-state index in [9.17, 15) is 9.59 Å². The molecule has 1 aromatic rings. The first-order valence-corrected chi connectivity index (χ1v) is 7.97. The van der Waals surface area contributed by atoms with Gasteiger partial charge in [0.2, 0.25) is 0 Å². The maximum Gasteiger partial charge on any atom is 0.326 e. The summed E-state index contributed by atoms with van der Waals surface area (Å²) in [7, 11) is 0. The minimum Gasteiger partial charge on any atom is -0.459 e. The zero-order valence-electron chi connectivity index (χ0n) is 14.5. The molecule has 0 bridgehead atoms. The van der Waals surface area contributed by atoms with Crippen LogP contribution in [0.2, 0.25) is 0 Å². The maximum absolute atomic E-state index is 12.5. The summed E-state index contributed by atoms with van der Waals surface area (Å²) in [6.07, 6.45) is 2.01. The normalized spacial score (nSPS) is 11.2. The lowest BCUT2D eigenvalue weighted by molar-refractivity contribution is -0.155. The van der Waals surface area contributed by atoms with Crippen molar-refractivity contribution in [3.05, 3.63) is 35.4 Å². The molecular weight excluding hydrogens is 294 g/mol. The van der Waals surface area contributed by atoms with Gasteiger partial charge in [-0.15, -0.1) is 0 Å². The highest BCUT2D eigenvalue weighted by molar-refractivity contribution is 5.96. The van der Waals surface area contributed by atoms with Crippen LogP contribution in [0.4, 0.5) is 0 Å². The van der Waals surface area contributed by atoms with Gasteiger partial charge in [0.1, 0.15) is 12.1 Å². The first-order chi connectivity index (χ1) is 10.8. The van der Waals surface area contributed by atoms with E-state index in [0.29, 0.717) is 5.56 Å². The summed E-state index contributed by atoms with van der Waals surface area (Å²) >= 11 is 0. The lowest BCUT2D eigenvalue weighted by atomic mass is 10.1. The lowest BCUT2D eigenvalue weighted by Crippen LogP contribution is -2.40. The standard InChI is InChI=1S/C18H27NO4/c1-5-6-14-7-9-15(10-8-14)17(22)19(11-12-20)13-16(21)23-18(2,3)4/h7-10,20H,5-6,11-13H2,1-4H3. The minimum atomic E-state index is -0.604. The third kappa shape index (κ3) is 6.82.